The first-order valence-corrected chi connectivity index (χ1v) is 11.7. The van der Waals surface area contributed by atoms with E-state index in [0.717, 1.165) is 36.3 Å². The fraction of sp³-hybridized carbons (Fsp3) is 0.296. The second-order valence-electron chi connectivity index (χ2n) is 8.51. The number of amides is 1. The van der Waals surface area contributed by atoms with Gasteiger partial charge in [0.25, 0.3) is 5.91 Å². The van der Waals surface area contributed by atoms with Crippen LogP contribution >= 0.6 is 0 Å². The molecule has 2 aliphatic rings. The van der Waals surface area contributed by atoms with Crippen LogP contribution in [0.2, 0.25) is 0 Å². The predicted octanol–water partition coefficient (Wildman–Crippen LogP) is 4.87. The minimum atomic E-state index is -0.651. The number of rotatable bonds is 7. The van der Waals surface area contributed by atoms with Crippen molar-refractivity contribution in [3.05, 3.63) is 77.6 Å². The van der Waals surface area contributed by atoms with Gasteiger partial charge in [-0.25, -0.2) is 9.80 Å². The summed E-state index contributed by atoms with van der Waals surface area (Å²) in [6.45, 7) is -0.467. The van der Waals surface area contributed by atoms with Crippen LogP contribution in [0.1, 0.15) is 47.2 Å². The van der Waals surface area contributed by atoms with Crippen LogP contribution in [0.3, 0.4) is 0 Å². The summed E-state index contributed by atoms with van der Waals surface area (Å²) in [5.41, 5.74) is 2.10. The molecule has 9 nitrogen and oxygen atoms in total. The summed E-state index contributed by atoms with van der Waals surface area (Å²) in [5.74, 6) is 1.12. The molecule has 1 aliphatic carbocycles. The lowest BCUT2D eigenvalue weighted by molar-refractivity contribution is -0.137. The minimum absolute atomic E-state index is 0.0309. The normalized spacial score (nSPS) is 20.1. The molecule has 0 spiro atoms. The molecule has 1 amide bonds. The third kappa shape index (κ3) is 4.51. The Labute approximate surface area is 207 Å². The van der Waals surface area contributed by atoms with Gasteiger partial charge in [-0.3, -0.25) is 4.79 Å². The van der Waals surface area contributed by atoms with E-state index in [-0.39, 0.29) is 11.5 Å². The van der Waals surface area contributed by atoms with E-state index in [1.54, 1.807) is 30.7 Å². The molecule has 2 unspecified atom stereocenters. The van der Waals surface area contributed by atoms with Crippen molar-refractivity contribution in [2.24, 2.45) is 11.0 Å². The molecule has 0 bridgehead atoms. The van der Waals surface area contributed by atoms with Crippen molar-refractivity contribution in [2.75, 3.05) is 20.8 Å². The van der Waals surface area contributed by atoms with Gasteiger partial charge in [0.15, 0.2) is 18.1 Å². The van der Waals surface area contributed by atoms with Gasteiger partial charge in [-0.15, -0.1) is 0 Å². The summed E-state index contributed by atoms with van der Waals surface area (Å²) >= 11 is 0. The number of allylic oxidation sites excluding steroid dienone is 1. The van der Waals surface area contributed by atoms with E-state index in [0.29, 0.717) is 17.3 Å². The number of hydrogen-bond donors (Lipinski definition) is 0. The summed E-state index contributed by atoms with van der Waals surface area (Å²) in [6.07, 6.45) is 7.80. The van der Waals surface area contributed by atoms with Gasteiger partial charge in [-0.05, 0) is 73.4 Å². The van der Waals surface area contributed by atoms with E-state index < -0.39 is 24.5 Å². The van der Waals surface area contributed by atoms with Gasteiger partial charge in [-0.1, -0.05) is 0 Å². The number of carbonyl (C=O) groups excluding carboxylic acids is 2. The number of furan rings is 2. The summed E-state index contributed by atoms with van der Waals surface area (Å²) in [6, 6.07) is 11.6. The van der Waals surface area contributed by atoms with Crippen molar-refractivity contribution >= 4 is 23.7 Å². The molecule has 1 saturated carbocycles. The topological polar surface area (TPSA) is 104 Å². The van der Waals surface area contributed by atoms with Crippen molar-refractivity contribution in [3.63, 3.8) is 0 Å². The molecule has 2 aromatic heterocycles. The Morgan fingerprint density at radius 3 is 2.61 bits per heavy atom. The Bertz CT molecular complexity index is 1290. The molecular formula is C27H26N2O7. The van der Waals surface area contributed by atoms with Crippen molar-refractivity contribution < 1.29 is 32.6 Å². The fourth-order valence-corrected chi connectivity index (χ4v) is 4.73. The molecule has 186 valence electrons. The Hall–Kier alpha value is -4.27. The van der Waals surface area contributed by atoms with Crippen LogP contribution in [0.5, 0.6) is 11.5 Å². The molecule has 3 heterocycles. The highest BCUT2D eigenvalue weighted by atomic mass is 16.5. The van der Waals surface area contributed by atoms with Crippen molar-refractivity contribution in [3.8, 4) is 11.5 Å². The molecule has 1 aliphatic heterocycles. The molecule has 0 saturated heterocycles. The van der Waals surface area contributed by atoms with Crippen LogP contribution in [-0.4, -0.2) is 43.4 Å². The van der Waals surface area contributed by atoms with E-state index in [1.165, 1.54) is 25.3 Å². The summed E-state index contributed by atoms with van der Waals surface area (Å²) in [5, 5.41) is 6.10. The number of hydrogen-bond acceptors (Lipinski definition) is 8. The second kappa shape index (κ2) is 10.2. The van der Waals surface area contributed by atoms with Crippen molar-refractivity contribution in [2.45, 2.75) is 25.3 Å². The predicted molar refractivity (Wildman–Crippen MR) is 130 cm³/mol. The standard InChI is InChI=1S/C27H26N2O7/c1-32-21-11-10-18(15-23(21)33-2)27(31)36-16-24(30)29-26(22-9-5-13-35-22)20-8-3-6-17(25(20)28-29)14-19-7-4-12-34-19/h4-5,7,9-15,20,26H,3,6,8,16H2,1-2H3/b17-14-. The highest BCUT2D eigenvalue weighted by molar-refractivity contribution is 6.08. The number of hydrazone groups is 1. The lowest BCUT2D eigenvalue weighted by Crippen LogP contribution is -2.34. The Morgan fingerprint density at radius 1 is 1.08 bits per heavy atom. The molecule has 0 N–H and O–H groups in total. The molecule has 0 radical (unpaired) electrons. The zero-order chi connectivity index (χ0) is 25.1. The van der Waals surface area contributed by atoms with E-state index in [2.05, 4.69) is 0 Å². The highest BCUT2D eigenvalue weighted by Crippen LogP contribution is 2.44. The minimum Gasteiger partial charge on any atom is -0.493 e. The third-order valence-corrected chi connectivity index (χ3v) is 6.40. The first kappa shape index (κ1) is 23.5. The number of nitrogens with zero attached hydrogens (tertiary/aromatic N) is 2. The lowest BCUT2D eigenvalue weighted by atomic mass is 9.79. The van der Waals surface area contributed by atoms with E-state index in [9.17, 15) is 9.59 Å². The fourth-order valence-electron chi connectivity index (χ4n) is 4.73. The molecule has 3 aromatic rings. The molecule has 1 fully saturated rings. The van der Waals surface area contributed by atoms with E-state index in [1.807, 2.05) is 24.3 Å². The van der Waals surface area contributed by atoms with Crippen LogP contribution in [-0.2, 0) is 9.53 Å². The number of ether oxygens (including phenoxy) is 3. The molecule has 36 heavy (non-hydrogen) atoms. The monoisotopic (exact) mass is 490 g/mol. The zero-order valence-electron chi connectivity index (χ0n) is 20.0. The van der Waals surface area contributed by atoms with E-state index in [4.69, 9.17) is 28.1 Å². The number of esters is 1. The molecule has 5 rings (SSSR count). The molecule has 2 atom stereocenters. The number of carbonyl (C=O) groups is 2. The maximum atomic E-state index is 13.3. The molecule has 1 aromatic carbocycles. The maximum Gasteiger partial charge on any atom is 0.338 e. The number of fused-ring (bicyclic) bond motifs is 1. The van der Waals surface area contributed by atoms with Gasteiger partial charge in [0.05, 0.1) is 38.0 Å². The SMILES string of the molecule is COc1ccc(C(=O)OCC(=O)N2N=C3/C(=C\c4ccco4)CCCC3C2c2ccco2)cc1OC. The number of methoxy groups -OCH3 is 2. The van der Waals surface area contributed by atoms with Gasteiger partial charge in [-0.2, -0.15) is 5.10 Å². The average Bonchev–Trinajstić information content (AvgIpc) is 3.68. The highest BCUT2D eigenvalue weighted by Gasteiger charge is 2.45. The van der Waals surface area contributed by atoms with Crippen LogP contribution in [0.15, 0.2) is 74.5 Å². The zero-order valence-corrected chi connectivity index (χ0v) is 20.0. The second-order valence-corrected chi connectivity index (χ2v) is 8.51. The Balaban J connectivity index is 1.37. The van der Waals surface area contributed by atoms with E-state index >= 15 is 0 Å². The van der Waals surface area contributed by atoms with Gasteiger partial charge in [0.1, 0.15) is 17.6 Å². The molecular weight excluding hydrogens is 464 g/mol. The lowest BCUT2D eigenvalue weighted by Gasteiger charge is -2.27. The number of benzene rings is 1. The van der Waals surface area contributed by atoms with Crippen LogP contribution in [0.25, 0.3) is 6.08 Å². The van der Waals surface area contributed by atoms with Gasteiger partial charge >= 0.3 is 5.97 Å². The first-order valence-electron chi connectivity index (χ1n) is 11.7. The van der Waals surface area contributed by atoms with Crippen molar-refractivity contribution in [1.29, 1.82) is 0 Å². The maximum absolute atomic E-state index is 13.3. The third-order valence-electron chi connectivity index (χ3n) is 6.40. The van der Waals surface area contributed by atoms with Gasteiger partial charge in [0, 0.05) is 5.92 Å². The van der Waals surface area contributed by atoms with Crippen LogP contribution < -0.4 is 9.47 Å². The smallest absolute Gasteiger partial charge is 0.338 e. The Morgan fingerprint density at radius 2 is 1.89 bits per heavy atom. The molecule has 9 heteroatoms. The van der Waals surface area contributed by atoms with Crippen LogP contribution in [0, 0.1) is 5.92 Å². The quantitative estimate of drug-likeness (QED) is 0.435. The average molecular weight is 491 g/mol. The first-order chi connectivity index (χ1) is 17.6. The van der Waals surface area contributed by atoms with Crippen molar-refractivity contribution in [1.82, 2.24) is 5.01 Å². The summed E-state index contributed by atoms with van der Waals surface area (Å²) in [4.78, 5) is 26.0. The summed E-state index contributed by atoms with van der Waals surface area (Å²) < 4.78 is 27.0. The van der Waals surface area contributed by atoms with Crippen LogP contribution in [0.4, 0.5) is 0 Å². The van der Waals surface area contributed by atoms with Gasteiger partial charge in [0.2, 0.25) is 0 Å². The Kier molecular flexibility index (Phi) is 6.62. The summed E-state index contributed by atoms with van der Waals surface area (Å²) in [7, 11) is 2.99. The van der Waals surface area contributed by atoms with Gasteiger partial charge < -0.3 is 23.0 Å². The largest absolute Gasteiger partial charge is 0.493 e.